The average Bonchev–Trinajstić information content (AvgIpc) is 2.47. The van der Waals surface area contributed by atoms with Crippen LogP contribution in [0.4, 0.5) is 18.9 Å². The molecule has 2 aromatic carbocycles. The lowest BCUT2D eigenvalue weighted by atomic mass is 10.1. The molecule has 0 bridgehead atoms. The van der Waals surface area contributed by atoms with E-state index in [0.29, 0.717) is 6.54 Å². The highest BCUT2D eigenvalue weighted by Crippen LogP contribution is 2.22. The van der Waals surface area contributed by atoms with Crippen LogP contribution in [0.3, 0.4) is 0 Å². The highest BCUT2D eigenvalue weighted by Gasteiger charge is 2.11. The Labute approximate surface area is 120 Å². The van der Waals surface area contributed by atoms with Gasteiger partial charge < -0.3 is 15.8 Å². The van der Waals surface area contributed by atoms with Crippen molar-refractivity contribution in [1.82, 2.24) is 0 Å². The average molecular weight is 296 g/mol. The molecule has 0 radical (unpaired) electrons. The molecule has 3 nitrogen and oxygen atoms in total. The van der Waals surface area contributed by atoms with E-state index in [9.17, 15) is 13.2 Å². The van der Waals surface area contributed by atoms with Crippen LogP contribution in [0.1, 0.15) is 11.6 Å². The predicted molar refractivity (Wildman–Crippen MR) is 74.9 cm³/mol. The molecular weight excluding hydrogens is 281 g/mol. The fourth-order valence-corrected chi connectivity index (χ4v) is 1.91. The third-order valence-electron chi connectivity index (χ3n) is 2.93. The first-order chi connectivity index (χ1) is 10.1. The third-order valence-corrected chi connectivity index (χ3v) is 2.93. The molecule has 0 amide bonds. The minimum atomic E-state index is -2.85. The number of anilines is 1. The zero-order valence-corrected chi connectivity index (χ0v) is 11.1. The van der Waals surface area contributed by atoms with Crippen molar-refractivity contribution < 1.29 is 17.9 Å². The van der Waals surface area contributed by atoms with Crippen molar-refractivity contribution in [3.05, 3.63) is 59.9 Å². The SMILES string of the molecule is NCC(Nc1ccc(F)cc1)c1ccc(OC(F)F)cc1. The zero-order valence-electron chi connectivity index (χ0n) is 11.1. The Kier molecular flexibility index (Phi) is 5.05. The summed E-state index contributed by atoms with van der Waals surface area (Å²) in [6.45, 7) is -2.55. The molecule has 112 valence electrons. The summed E-state index contributed by atoms with van der Waals surface area (Å²) in [4.78, 5) is 0. The van der Waals surface area contributed by atoms with E-state index in [0.717, 1.165) is 11.3 Å². The number of alkyl halides is 2. The molecule has 0 aliphatic rings. The second kappa shape index (κ2) is 6.99. The molecule has 0 saturated carbocycles. The first-order valence-corrected chi connectivity index (χ1v) is 6.35. The van der Waals surface area contributed by atoms with Gasteiger partial charge in [0.1, 0.15) is 11.6 Å². The fourth-order valence-electron chi connectivity index (χ4n) is 1.91. The van der Waals surface area contributed by atoms with E-state index in [-0.39, 0.29) is 17.6 Å². The van der Waals surface area contributed by atoms with E-state index >= 15 is 0 Å². The summed E-state index contributed by atoms with van der Waals surface area (Å²) in [7, 11) is 0. The van der Waals surface area contributed by atoms with Gasteiger partial charge in [0.15, 0.2) is 0 Å². The maximum atomic E-state index is 12.8. The van der Waals surface area contributed by atoms with E-state index in [1.807, 2.05) is 0 Å². The minimum Gasteiger partial charge on any atom is -0.435 e. The van der Waals surface area contributed by atoms with Crippen molar-refractivity contribution in [2.24, 2.45) is 5.73 Å². The Bertz CT molecular complexity index is 558. The molecule has 0 aliphatic carbocycles. The van der Waals surface area contributed by atoms with Crippen LogP contribution in [-0.4, -0.2) is 13.2 Å². The molecule has 3 N–H and O–H groups in total. The molecule has 0 aromatic heterocycles. The first-order valence-electron chi connectivity index (χ1n) is 6.35. The van der Waals surface area contributed by atoms with Gasteiger partial charge >= 0.3 is 6.61 Å². The predicted octanol–water partition coefficient (Wildman–Crippen LogP) is 3.54. The molecule has 21 heavy (non-hydrogen) atoms. The minimum absolute atomic E-state index is 0.0892. The normalized spacial score (nSPS) is 12.2. The molecule has 6 heteroatoms. The lowest BCUT2D eigenvalue weighted by Crippen LogP contribution is -2.20. The number of nitrogens with one attached hydrogen (secondary N) is 1. The van der Waals surface area contributed by atoms with Crippen LogP contribution in [-0.2, 0) is 0 Å². The van der Waals surface area contributed by atoms with Gasteiger partial charge in [0, 0.05) is 12.2 Å². The number of hydrogen-bond acceptors (Lipinski definition) is 3. The Hall–Kier alpha value is -2.21. The van der Waals surface area contributed by atoms with Gasteiger partial charge in [-0.3, -0.25) is 0 Å². The Balaban J connectivity index is 2.08. The highest BCUT2D eigenvalue weighted by atomic mass is 19.3. The quantitative estimate of drug-likeness (QED) is 0.857. The van der Waals surface area contributed by atoms with Gasteiger partial charge in [0.05, 0.1) is 6.04 Å². The number of ether oxygens (including phenoxy) is 1. The van der Waals surface area contributed by atoms with E-state index in [1.165, 1.54) is 24.3 Å². The maximum absolute atomic E-state index is 12.8. The smallest absolute Gasteiger partial charge is 0.387 e. The van der Waals surface area contributed by atoms with Gasteiger partial charge in [0.2, 0.25) is 0 Å². The van der Waals surface area contributed by atoms with Crippen LogP contribution in [0.5, 0.6) is 5.75 Å². The molecule has 0 aliphatic heterocycles. The van der Waals surface area contributed by atoms with Crippen LogP contribution in [0, 0.1) is 5.82 Å². The first kappa shape index (κ1) is 15.2. The topological polar surface area (TPSA) is 47.3 Å². The van der Waals surface area contributed by atoms with E-state index < -0.39 is 6.61 Å². The molecule has 2 rings (SSSR count). The molecule has 1 atom stereocenters. The zero-order chi connectivity index (χ0) is 15.2. The molecule has 0 fully saturated rings. The van der Waals surface area contributed by atoms with Gasteiger partial charge in [0.25, 0.3) is 0 Å². The number of rotatable bonds is 6. The molecule has 2 aromatic rings. The van der Waals surface area contributed by atoms with Gasteiger partial charge in [-0.1, -0.05) is 12.1 Å². The lowest BCUT2D eigenvalue weighted by molar-refractivity contribution is -0.0498. The van der Waals surface area contributed by atoms with Crippen molar-refractivity contribution in [2.45, 2.75) is 12.7 Å². The third kappa shape index (κ3) is 4.39. The highest BCUT2D eigenvalue weighted by molar-refractivity contribution is 5.46. The van der Waals surface area contributed by atoms with Gasteiger partial charge in [-0.2, -0.15) is 8.78 Å². The summed E-state index contributed by atoms with van der Waals surface area (Å²) in [6, 6.07) is 11.9. The Morgan fingerprint density at radius 2 is 1.62 bits per heavy atom. The van der Waals surface area contributed by atoms with Crippen molar-refractivity contribution in [3.8, 4) is 5.75 Å². The second-order valence-corrected chi connectivity index (χ2v) is 4.39. The van der Waals surface area contributed by atoms with Crippen LogP contribution >= 0.6 is 0 Å². The van der Waals surface area contributed by atoms with Crippen molar-refractivity contribution in [2.75, 3.05) is 11.9 Å². The van der Waals surface area contributed by atoms with Crippen LogP contribution < -0.4 is 15.8 Å². The standard InChI is InChI=1S/C15H15F3N2O/c16-11-3-5-12(6-4-11)20-14(9-19)10-1-7-13(8-2-10)21-15(17)18/h1-8,14-15,20H,9,19H2. The van der Waals surface area contributed by atoms with E-state index in [4.69, 9.17) is 5.73 Å². The monoisotopic (exact) mass is 296 g/mol. The second-order valence-electron chi connectivity index (χ2n) is 4.39. The van der Waals surface area contributed by atoms with E-state index in [2.05, 4.69) is 10.1 Å². The van der Waals surface area contributed by atoms with Crippen LogP contribution in [0.2, 0.25) is 0 Å². The number of hydrogen-bond donors (Lipinski definition) is 2. The van der Waals surface area contributed by atoms with Gasteiger partial charge in [-0.05, 0) is 42.0 Å². The van der Waals surface area contributed by atoms with Gasteiger partial charge in [-0.15, -0.1) is 0 Å². The summed E-state index contributed by atoms with van der Waals surface area (Å²) in [6.07, 6.45) is 0. The fraction of sp³-hybridized carbons (Fsp3) is 0.200. The molecule has 1 unspecified atom stereocenters. The number of benzene rings is 2. The Morgan fingerprint density at radius 1 is 1.00 bits per heavy atom. The Morgan fingerprint density at radius 3 is 2.14 bits per heavy atom. The van der Waals surface area contributed by atoms with Crippen molar-refractivity contribution >= 4 is 5.69 Å². The largest absolute Gasteiger partial charge is 0.435 e. The summed E-state index contributed by atoms with van der Waals surface area (Å²) in [5, 5.41) is 3.15. The molecule has 0 spiro atoms. The van der Waals surface area contributed by atoms with Crippen LogP contribution in [0.15, 0.2) is 48.5 Å². The van der Waals surface area contributed by atoms with E-state index in [1.54, 1.807) is 24.3 Å². The lowest BCUT2D eigenvalue weighted by Gasteiger charge is -2.19. The van der Waals surface area contributed by atoms with Gasteiger partial charge in [-0.25, -0.2) is 4.39 Å². The number of halogens is 3. The summed E-state index contributed by atoms with van der Waals surface area (Å²) < 4.78 is 41.3. The molecular formula is C15H15F3N2O. The van der Waals surface area contributed by atoms with Crippen LogP contribution in [0.25, 0.3) is 0 Å². The molecule has 0 saturated heterocycles. The summed E-state index contributed by atoms with van der Waals surface area (Å²) in [5.41, 5.74) is 7.26. The van der Waals surface area contributed by atoms with Crippen molar-refractivity contribution in [3.63, 3.8) is 0 Å². The number of nitrogens with two attached hydrogens (primary N) is 1. The molecule has 0 heterocycles. The summed E-state index contributed by atoms with van der Waals surface area (Å²) in [5.74, 6) is -0.232. The maximum Gasteiger partial charge on any atom is 0.387 e. The van der Waals surface area contributed by atoms with Crippen molar-refractivity contribution in [1.29, 1.82) is 0 Å². The summed E-state index contributed by atoms with van der Waals surface area (Å²) >= 11 is 0.